The quantitative estimate of drug-likeness (QED) is 0.489. The molecule has 0 aliphatic heterocycles. The first-order chi connectivity index (χ1) is 11.6. The number of Topliss-reactive ketones (excluding diaryl/α,β-unsaturated/α-hetero) is 1. The van der Waals surface area contributed by atoms with Gasteiger partial charge in [0.1, 0.15) is 23.7 Å². The predicted octanol–water partition coefficient (Wildman–Crippen LogP) is 4.16. The average Bonchev–Trinajstić information content (AvgIpc) is 3.12. The molecule has 132 valence electrons. The second-order valence-electron chi connectivity index (χ2n) is 5.61. The van der Waals surface area contributed by atoms with E-state index in [4.69, 9.17) is 18.5 Å². The van der Waals surface area contributed by atoms with Crippen molar-refractivity contribution in [3.8, 4) is 11.5 Å². The fourth-order valence-electron chi connectivity index (χ4n) is 3.07. The number of ether oxygens (including phenoxy) is 2. The van der Waals surface area contributed by atoms with Crippen LogP contribution in [0, 0.1) is 5.92 Å². The first-order valence-corrected chi connectivity index (χ1v) is 9.24. The van der Waals surface area contributed by atoms with E-state index in [1.54, 1.807) is 25.1 Å². The van der Waals surface area contributed by atoms with Gasteiger partial charge in [-0.3, -0.25) is 4.79 Å². The largest absolute Gasteiger partial charge is 0.698 e. The molecule has 1 aromatic rings. The fourth-order valence-corrected chi connectivity index (χ4v) is 3.80. The van der Waals surface area contributed by atoms with Crippen molar-refractivity contribution in [2.45, 2.75) is 38.7 Å². The zero-order valence-corrected chi connectivity index (χ0v) is 15.2. The van der Waals surface area contributed by atoms with E-state index < -0.39 is 14.4 Å². The molecule has 1 fully saturated rings. The van der Waals surface area contributed by atoms with Crippen molar-refractivity contribution in [2.75, 3.05) is 20.8 Å². The minimum absolute atomic E-state index is 0.0199. The SMILES string of the molecule is CCO[P+](=O)OC(C(=O)c1c(OC)cccc1OC)C1CCCC1. The van der Waals surface area contributed by atoms with Crippen molar-refractivity contribution >= 4 is 14.0 Å². The van der Waals surface area contributed by atoms with Gasteiger partial charge in [0.05, 0.1) is 14.2 Å². The molecule has 0 radical (unpaired) electrons. The highest BCUT2D eigenvalue weighted by Gasteiger charge is 2.41. The van der Waals surface area contributed by atoms with Gasteiger partial charge < -0.3 is 9.47 Å². The highest BCUT2D eigenvalue weighted by atomic mass is 31.1. The number of rotatable bonds is 9. The van der Waals surface area contributed by atoms with E-state index >= 15 is 0 Å². The van der Waals surface area contributed by atoms with Crippen LogP contribution in [0.25, 0.3) is 0 Å². The second kappa shape index (κ2) is 9.11. The van der Waals surface area contributed by atoms with Crippen LogP contribution in [-0.2, 0) is 13.6 Å². The summed E-state index contributed by atoms with van der Waals surface area (Å²) in [4.78, 5) is 13.2. The molecule has 1 saturated carbocycles. The van der Waals surface area contributed by atoms with Gasteiger partial charge in [-0.15, -0.1) is 9.05 Å². The van der Waals surface area contributed by atoms with Crippen LogP contribution in [0.5, 0.6) is 11.5 Å². The maximum Gasteiger partial charge on any atom is 0.698 e. The molecule has 0 aromatic heterocycles. The number of hydrogen-bond acceptors (Lipinski definition) is 6. The van der Waals surface area contributed by atoms with Crippen LogP contribution < -0.4 is 9.47 Å². The molecule has 1 aliphatic rings. The Morgan fingerprint density at radius 2 is 1.79 bits per heavy atom. The van der Waals surface area contributed by atoms with E-state index in [0.717, 1.165) is 25.7 Å². The Hall–Kier alpha value is -1.49. The van der Waals surface area contributed by atoms with Gasteiger partial charge in [0.25, 0.3) is 0 Å². The maximum atomic E-state index is 13.2. The molecule has 1 aliphatic carbocycles. The lowest BCUT2D eigenvalue weighted by Gasteiger charge is -2.19. The van der Waals surface area contributed by atoms with Crippen LogP contribution in [-0.4, -0.2) is 32.7 Å². The van der Waals surface area contributed by atoms with E-state index in [2.05, 4.69) is 0 Å². The van der Waals surface area contributed by atoms with Crippen molar-refractivity contribution in [3.05, 3.63) is 23.8 Å². The van der Waals surface area contributed by atoms with Crippen LogP contribution in [0.15, 0.2) is 18.2 Å². The summed E-state index contributed by atoms with van der Waals surface area (Å²) in [5, 5.41) is 0. The molecule has 1 aromatic carbocycles. The zero-order chi connectivity index (χ0) is 17.5. The minimum atomic E-state index is -2.34. The third kappa shape index (κ3) is 4.32. The van der Waals surface area contributed by atoms with Gasteiger partial charge in [-0.05, 0) is 37.8 Å². The summed E-state index contributed by atoms with van der Waals surface area (Å²) in [5.74, 6) is 0.570. The summed E-state index contributed by atoms with van der Waals surface area (Å²) in [5.41, 5.74) is 0.319. The Morgan fingerprint density at radius 3 is 2.29 bits per heavy atom. The summed E-state index contributed by atoms with van der Waals surface area (Å²) in [6.07, 6.45) is 2.97. The maximum absolute atomic E-state index is 13.2. The normalized spacial score (nSPS) is 16.7. The average molecular weight is 355 g/mol. The molecule has 0 heterocycles. The molecule has 0 bridgehead atoms. The Morgan fingerprint density at radius 1 is 1.21 bits per heavy atom. The van der Waals surface area contributed by atoms with Crippen molar-refractivity contribution in [2.24, 2.45) is 5.92 Å². The molecule has 7 heteroatoms. The second-order valence-corrected chi connectivity index (χ2v) is 6.53. The third-order valence-corrected chi connectivity index (χ3v) is 5.06. The molecule has 0 N–H and O–H groups in total. The molecule has 0 spiro atoms. The molecule has 24 heavy (non-hydrogen) atoms. The van der Waals surface area contributed by atoms with Gasteiger partial charge in [0.2, 0.25) is 5.78 Å². The molecule has 6 nitrogen and oxygen atoms in total. The number of carbonyl (C=O) groups excluding carboxylic acids is 1. The molecular formula is C17H24O6P+. The number of hydrogen-bond donors (Lipinski definition) is 0. The highest BCUT2D eigenvalue weighted by molar-refractivity contribution is 7.33. The highest BCUT2D eigenvalue weighted by Crippen LogP contribution is 2.39. The van der Waals surface area contributed by atoms with E-state index in [-0.39, 0.29) is 18.3 Å². The topological polar surface area (TPSA) is 71.1 Å². The number of benzene rings is 1. The molecule has 2 atom stereocenters. The predicted molar refractivity (Wildman–Crippen MR) is 89.9 cm³/mol. The summed E-state index contributed by atoms with van der Waals surface area (Å²) in [6, 6.07) is 5.15. The number of methoxy groups -OCH3 is 2. The molecule has 2 unspecified atom stereocenters. The first kappa shape index (κ1) is 18.8. The van der Waals surface area contributed by atoms with E-state index in [9.17, 15) is 9.36 Å². The third-order valence-electron chi connectivity index (χ3n) is 4.19. The van der Waals surface area contributed by atoms with Gasteiger partial charge >= 0.3 is 8.25 Å². The van der Waals surface area contributed by atoms with Crippen LogP contribution in [0.2, 0.25) is 0 Å². The van der Waals surface area contributed by atoms with Crippen molar-refractivity contribution < 1.29 is 27.9 Å². The van der Waals surface area contributed by atoms with Gasteiger partial charge in [0, 0.05) is 4.57 Å². The van der Waals surface area contributed by atoms with Gasteiger partial charge in [-0.25, -0.2) is 0 Å². The zero-order valence-electron chi connectivity index (χ0n) is 14.3. The molecule has 0 saturated heterocycles. The Kier molecular flexibility index (Phi) is 7.16. The minimum Gasteiger partial charge on any atom is -0.496 e. The summed E-state index contributed by atoms with van der Waals surface area (Å²) >= 11 is 0. The molecule has 2 rings (SSSR count). The smallest absolute Gasteiger partial charge is 0.496 e. The lowest BCUT2D eigenvalue weighted by molar-refractivity contribution is 0.0641. The van der Waals surface area contributed by atoms with Crippen LogP contribution in [0.3, 0.4) is 0 Å². The van der Waals surface area contributed by atoms with Crippen LogP contribution in [0.4, 0.5) is 0 Å². The first-order valence-electron chi connectivity index (χ1n) is 8.14. The summed E-state index contributed by atoms with van der Waals surface area (Å²) in [6.45, 7) is 1.99. The number of ketones is 1. The van der Waals surface area contributed by atoms with E-state index in [1.165, 1.54) is 14.2 Å². The van der Waals surface area contributed by atoms with Crippen molar-refractivity contribution in [1.82, 2.24) is 0 Å². The van der Waals surface area contributed by atoms with Crippen molar-refractivity contribution in [1.29, 1.82) is 0 Å². The summed E-state index contributed by atoms with van der Waals surface area (Å²) < 4.78 is 33.1. The lowest BCUT2D eigenvalue weighted by atomic mass is 9.93. The van der Waals surface area contributed by atoms with Crippen LogP contribution >= 0.6 is 8.25 Å². The molecule has 0 amide bonds. The van der Waals surface area contributed by atoms with E-state index in [1.807, 2.05) is 0 Å². The van der Waals surface area contributed by atoms with Crippen LogP contribution in [0.1, 0.15) is 43.0 Å². The van der Waals surface area contributed by atoms with Gasteiger partial charge in [0.15, 0.2) is 6.10 Å². The van der Waals surface area contributed by atoms with Crippen molar-refractivity contribution in [3.63, 3.8) is 0 Å². The Bertz CT molecular complexity index is 560. The van der Waals surface area contributed by atoms with Gasteiger partial charge in [-0.1, -0.05) is 18.9 Å². The van der Waals surface area contributed by atoms with Gasteiger partial charge in [-0.2, -0.15) is 0 Å². The van der Waals surface area contributed by atoms with E-state index in [0.29, 0.717) is 17.1 Å². The molecular weight excluding hydrogens is 331 g/mol. The number of carbonyl (C=O) groups is 1. The lowest BCUT2D eigenvalue weighted by Crippen LogP contribution is -2.30. The Labute approximate surface area is 143 Å². The monoisotopic (exact) mass is 355 g/mol. The fraction of sp³-hybridized carbons (Fsp3) is 0.588. The summed E-state index contributed by atoms with van der Waals surface area (Å²) in [7, 11) is 0.656. The Balaban J connectivity index is 2.35. The standard InChI is InChI=1S/C17H24O6P/c1-4-22-24(19)23-17(12-8-5-6-9-12)16(18)15-13(20-2)10-7-11-14(15)21-3/h7,10-12,17H,4-6,8-9H2,1-3H3/q+1.